The second-order valence-electron chi connectivity index (χ2n) is 6.46. The average molecular weight is 367 g/mol. The van der Waals surface area contributed by atoms with E-state index in [4.69, 9.17) is 9.47 Å². The van der Waals surface area contributed by atoms with Gasteiger partial charge >= 0.3 is 0 Å². The maximum absolute atomic E-state index is 12.5. The summed E-state index contributed by atoms with van der Waals surface area (Å²) < 4.78 is 11.3. The van der Waals surface area contributed by atoms with Crippen molar-refractivity contribution >= 4 is 16.9 Å². The summed E-state index contributed by atoms with van der Waals surface area (Å²) in [5.74, 6) is 1.35. The molecular weight excluding hydrogens is 346 g/mol. The van der Waals surface area contributed by atoms with Crippen molar-refractivity contribution in [3.05, 3.63) is 59.4 Å². The van der Waals surface area contributed by atoms with Crippen molar-refractivity contribution in [3.8, 4) is 5.75 Å². The Labute approximate surface area is 156 Å². The molecule has 0 fully saturated rings. The van der Waals surface area contributed by atoms with Gasteiger partial charge in [-0.05, 0) is 29.8 Å². The highest BCUT2D eigenvalue weighted by molar-refractivity contribution is 5.77. The molecule has 0 saturated heterocycles. The molecule has 2 aromatic carbocycles. The zero-order valence-electron chi connectivity index (χ0n) is 14.9. The lowest BCUT2D eigenvalue weighted by Crippen LogP contribution is -2.35. The van der Waals surface area contributed by atoms with Crippen molar-refractivity contribution < 1.29 is 19.4 Å². The van der Waals surface area contributed by atoms with Gasteiger partial charge in [-0.2, -0.15) is 0 Å². The van der Waals surface area contributed by atoms with E-state index in [1.807, 2.05) is 42.5 Å². The predicted molar refractivity (Wildman–Crippen MR) is 99.0 cm³/mol. The molecule has 2 N–H and O–H groups in total. The fourth-order valence-electron chi connectivity index (χ4n) is 3.16. The standard InChI is InChI=1S/C20H21N3O4/c24-11-14-5-6-18-15(9-14)10-23(7-8-27-18)20(25)13-26-12-19-21-16-3-1-2-4-17(16)22-19/h1-6,9,24H,7-8,10-13H2,(H,21,22). The number of aliphatic hydroxyl groups is 1. The van der Waals surface area contributed by atoms with Gasteiger partial charge < -0.3 is 24.5 Å². The van der Waals surface area contributed by atoms with Crippen molar-refractivity contribution in [2.45, 2.75) is 19.8 Å². The molecule has 7 nitrogen and oxygen atoms in total. The second kappa shape index (κ2) is 7.77. The second-order valence-corrected chi connectivity index (χ2v) is 6.46. The van der Waals surface area contributed by atoms with Crippen molar-refractivity contribution in [3.63, 3.8) is 0 Å². The number of nitrogens with one attached hydrogen (secondary N) is 1. The molecule has 0 atom stereocenters. The van der Waals surface area contributed by atoms with Gasteiger partial charge in [0.2, 0.25) is 5.91 Å². The molecule has 1 aliphatic rings. The number of nitrogens with zero attached hydrogens (tertiary/aromatic N) is 2. The quantitative estimate of drug-likeness (QED) is 0.720. The van der Waals surface area contributed by atoms with Gasteiger partial charge in [0.05, 0.1) is 24.2 Å². The molecule has 7 heteroatoms. The monoisotopic (exact) mass is 367 g/mol. The minimum absolute atomic E-state index is 0.0218. The first-order chi connectivity index (χ1) is 13.2. The summed E-state index contributed by atoms with van der Waals surface area (Å²) in [5, 5.41) is 9.31. The highest BCUT2D eigenvalue weighted by atomic mass is 16.5. The Bertz CT molecular complexity index is 920. The molecule has 0 spiro atoms. The number of rotatable bonds is 5. The van der Waals surface area contributed by atoms with Crippen LogP contribution >= 0.6 is 0 Å². The molecule has 1 amide bonds. The van der Waals surface area contributed by atoms with Gasteiger partial charge in [0.25, 0.3) is 0 Å². The summed E-state index contributed by atoms with van der Waals surface area (Å²) in [5.41, 5.74) is 3.52. The first-order valence-electron chi connectivity index (χ1n) is 8.87. The Morgan fingerprint density at radius 3 is 3.04 bits per heavy atom. The van der Waals surface area contributed by atoms with Crippen LogP contribution in [-0.2, 0) is 29.3 Å². The molecule has 0 unspecified atom stereocenters. The minimum Gasteiger partial charge on any atom is -0.491 e. The number of H-pyrrole nitrogens is 1. The number of imidazole rings is 1. The number of aliphatic hydroxyl groups excluding tert-OH is 1. The van der Waals surface area contributed by atoms with Crippen LogP contribution in [0.2, 0.25) is 0 Å². The van der Waals surface area contributed by atoms with Gasteiger partial charge in [-0.15, -0.1) is 0 Å². The number of carbonyl (C=O) groups excluding carboxylic acids is 1. The van der Waals surface area contributed by atoms with E-state index >= 15 is 0 Å². The summed E-state index contributed by atoms with van der Waals surface area (Å²) in [4.78, 5) is 21.9. The Morgan fingerprint density at radius 2 is 2.19 bits per heavy atom. The zero-order chi connectivity index (χ0) is 18.6. The van der Waals surface area contributed by atoms with Crippen LogP contribution in [0.3, 0.4) is 0 Å². The van der Waals surface area contributed by atoms with Crippen molar-refractivity contribution in [2.75, 3.05) is 19.8 Å². The molecule has 0 aliphatic carbocycles. The number of amides is 1. The fourth-order valence-corrected chi connectivity index (χ4v) is 3.16. The van der Waals surface area contributed by atoms with Crippen molar-refractivity contribution in [1.29, 1.82) is 0 Å². The Morgan fingerprint density at radius 1 is 1.30 bits per heavy atom. The summed E-state index contributed by atoms with van der Waals surface area (Å²) >= 11 is 0. The summed E-state index contributed by atoms with van der Waals surface area (Å²) in [6, 6.07) is 13.3. The number of fused-ring (bicyclic) bond motifs is 2. The lowest BCUT2D eigenvalue weighted by atomic mass is 10.1. The molecule has 2 heterocycles. The van der Waals surface area contributed by atoms with E-state index in [9.17, 15) is 9.90 Å². The smallest absolute Gasteiger partial charge is 0.249 e. The van der Waals surface area contributed by atoms with Crippen LogP contribution in [0.25, 0.3) is 11.0 Å². The van der Waals surface area contributed by atoms with Crippen molar-refractivity contribution in [2.24, 2.45) is 0 Å². The normalized spacial score (nSPS) is 13.9. The van der Waals surface area contributed by atoms with Crippen molar-refractivity contribution in [1.82, 2.24) is 14.9 Å². The molecule has 4 rings (SSSR count). The predicted octanol–water partition coefficient (Wildman–Crippen LogP) is 1.99. The SMILES string of the molecule is O=C(COCc1nc2ccccc2[nH]1)N1CCOc2ccc(CO)cc2C1. The van der Waals surface area contributed by atoms with Gasteiger partial charge in [0, 0.05) is 12.1 Å². The largest absolute Gasteiger partial charge is 0.491 e. The highest BCUT2D eigenvalue weighted by Gasteiger charge is 2.20. The topological polar surface area (TPSA) is 87.7 Å². The molecule has 1 aliphatic heterocycles. The van der Waals surface area contributed by atoms with Crippen LogP contribution in [0.4, 0.5) is 0 Å². The van der Waals surface area contributed by atoms with E-state index in [1.165, 1.54) is 0 Å². The zero-order valence-corrected chi connectivity index (χ0v) is 14.9. The fraction of sp³-hybridized carbons (Fsp3) is 0.300. The Kier molecular flexibility index (Phi) is 5.04. The van der Waals surface area contributed by atoms with E-state index in [-0.39, 0.29) is 25.7 Å². The molecule has 3 aromatic rings. The van der Waals surface area contributed by atoms with Crippen LogP contribution in [-0.4, -0.2) is 45.6 Å². The Hall–Kier alpha value is -2.90. The number of hydrogen-bond donors (Lipinski definition) is 2. The van der Waals surface area contributed by atoms with E-state index < -0.39 is 0 Å². The van der Waals surface area contributed by atoms with Crippen LogP contribution in [0.1, 0.15) is 17.0 Å². The summed E-state index contributed by atoms with van der Waals surface area (Å²) in [7, 11) is 0. The number of aromatic nitrogens is 2. The van der Waals surface area contributed by atoms with E-state index in [0.29, 0.717) is 25.5 Å². The van der Waals surface area contributed by atoms with Crippen LogP contribution in [0.15, 0.2) is 42.5 Å². The Balaban J connectivity index is 1.36. The first-order valence-corrected chi connectivity index (χ1v) is 8.87. The van der Waals surface area contributed by atoms with Crippen LogP contribution < -0.4 is 4.74 Å². The summed E-state index contributed by atoms with van der Waals surface area (Å²) in [6.07, 6.45) is 0. The summed E-state index contributed by atoms with van der Waals surface area (Å²) in [6.45, 7) is 1.55. The minimum atomic E-state index is -0.100. The highest BCUT2D eigenvalue weighted by Crippen LogP contribution is 2.24. The number of hydrogen-bond acceptors (Lipinski definition) is 5. The third-order valence-electron chi connectivity index (χ3n) is 4.54. The third-order valence-corrected chi connectivity index (χ3v) is 4.54. The lowest BCUT2D eigenvalue weighted by molar-refractivity contribution is -0.137. The number of aromatic amines is 1. The molecule has 140 valence electrons. The van der Waals surface area contributed by atoms with Gasteiger partial charge in [-0.1, -0.05) is 18.2 Å². The third kappa shape index (κ3) is 3.94. The van der Waals surface area contributed by atoms with Gasteiger partial charge in [-0.25, -0.2) is 4.98 Å². The van der Waals surface area contributed by atoms with Gasteiger partial charge in [0.15, 0.2) is 0 Å². The first kappa shape index (κ1) is 17.5. The van der Waals surface area contributed by atoms with E-state index in [0.717, 1.165) is 27.9 Å². The maximum Gasteiger partial charge on any atom is 0.249 e. The average Bonchev–Trinajstić information content (AvgIpc) is 2.98. The number of benzene rings is 2. The molecule has 0 bridgehead atoms. The van der Waals surface area contributed by atoms with Crippen LogP contribution in [0.5, 0.6) is 5.75 Å². The lowest BCUT2D eigenvalue weighted by Gasteiger charge is -2.19. The number of para-hydroxylation sites is 2. The number of ether oxygens (including phenoxy) is 2. The molecule has 27 heavy (non-hydrogen) atoms. The molecular formula is C20H21N3O4. The molecule has 0 saturated carbocycles. The molecule has 0 radical (unpaired) electrons. The van der Waals surface area contributed by atoms with Gasteiger partial charge in [0.1, 0.15) is 31.4 Å². The van der Waals surface area contributed by atoms with Crippen LogP contribution in [0, 0.1) is 0 Å². The van der Waals surface area contributed by atoms with Gasteiger partial charge in [-0.3, -0.25) is 4.79 Å². The number of carbonyl (C=O) groups is 1. The van der Waals surface area contributed by atoms with E-state index in [1.54, 1.807) is 4.90 Å². The maximum atomic E-state index is 12.5. The van der Waals surface area contributed by atoms with E-state index in [2.05, 4.69) is 9.97 Å². The molecule has 1 aromatic heterocycles.